The van der Waals surface area contributed by atoms with Crippen LogP contribution in [-0.4, -0.2) is 41.0 Å². The Kier molecular flexibility index (Phi) is 9.06. The summed E-state index contributed by atoms with van der Waals surface area (Å²) >= 11 is 0. The number of ether oxygens (including phenoxy) is 3. The number of aliphatic hydroxyl groups is 1. The van der Waals surface area contributed by atoms with Gasteiger partial charge in [0.1, 0.15) is 34.7 Å². The summed E-state index contributed by atoms with van der Waals surface area (Å²) in [4.78, 5) is 39.9. The van der Waals surface area contributed by atoms with Crippen molar-refractivity contribution in [1.29, 1.82) is 0 Å². The smallest absolute Gasteiger partial charge is 0.303 e. The second-order valence-electron chi connectivity index (χ2n) is 13.9. The van der Waals surface area contributed by atoms with Crippen molar-refractivity contribution >= 4 is 17.5 Å². The third kappa shape index (κ3) is 6.03. The molecule has 1 saturated carbocycles. The highest BCUT2D eigenvalue weighted by Gasteiger charge is 2.52. The standard InChI is InChI=1S/C38H44O8/c1-21(2)25-18-26-27(38(6)15-11-14-37(4,5)32(38)20-28(26)40)19-30(25)46-31-17-24(44-7)16-29(41)33(31)35(43)36(45-22(3)39)34(42)23-12-9-8-10-13-23/h8-10,12-13,16-19,21,32,34,36,41-42H,11,14-15,20H2,1-7H3/t32-,34+,36+,38+/m0/s1. The van der Waals surface area contributed by atoms with Crippen LogP contribution in [0.2, 0.25) is 0 Å². The summed E-state index contributed by atoms with van der Waals surface area (Å²) in [5, 5.41) is 22.4. The fourth-order valence-corrected chi connectivity index (χ4v) is 7.63. The van der Waals surface area contributed by atoms with Gasteiger partial charge in [-0.05, 0) is 64.3 Å². The SMILES string of the molecule is COc1cc(O)c(C(=O)[C@H](OC(C)=O)[C@H](O)c2ccccc2)c(Oc2cc3c(cc2C(C)C)C(=O)C[C@H]2C(C)(C)CCC[C@]32C)c1. The predicted octanol–water partition coefficient (Wildman–Crippen LogP) is 7.83. The number of ketones is 2. The van der Waals surface area contributed by atoms with Crippen LogP contribution < -0.4 is 9.47 Å². The molecule has 244 valence electrons. The van der Waals surface area contributed by atoms with Crippen LogP contribution in [0.3, 0.4) is 0 Å². The summed E-state index contributed by atoms with van der Waals surface area (Å²) in [5.74, 6) is -1.20. The third-order valence-electron chi connectivity index (χ3n) is 10.0. The second-order valence-corrected chi connectivity index (χ2v) is 13.9. The summed E-state index contributed by atoms with van der Waals surface area (Å²) in [6.45, 7) is 11.9. The first-order valence-electron chi connectivity index (χ1n) is 15.9. The highest BCUT2D eigenvalue weighted by atomic mass is 16.6. The molecule has 0 aromatic heterocycles. The Labute approximate surface area is 270 Å². The van der Waals surface area contributed by atoms with E-state index >= 15 is 0 Å². The van der Waals surface area contributed by atoms with E-state index in [1.807, 2.05) is 26.0 Å². The van der Waals surface area contributed by atoms with E-state index in [2.05, 4.69) is 20.8 Å². The predicted molar refractivity (Wildman–Crippen MR) is 174 cm³/mol. The largest absolute Gasteiger partial charge is 0.507 e. The van der Waals surface area contributed by atoms with Gasteiger partial charge in [0.05, 0.1) is 7.11 Å². The number of esters is 1. The van der Waals surface area contributed by atoms with Crippen LogP contribution in [0.1, 0.15) is 117 Å². The number of phenolic OH excluding ortho intramolecular Hbond substituents is 1. The van der Waals surface area contributed by atoms with Gasteiger partial charge in [0, 0.05) is 31.0 Å². The Morgan fingerprint density at radius 2 is 1.67 bits per heavy atom. The Bertz CT molecular complexity index is 1660. The van der Waals surface area contributed by atoms with Crippen molar-refractivity contribution in [1.82, 2.24) is 0 Å². The lowest BCUT2D eigenvalue weighted by atomic mass is 9.50. The van der Waals surface area contributed by atoms with Crippen molar-refractivity contribution < 1.29 is 38.8 Å². The number of hydrogen-bond donors (Lipinski definition) is 2. The molecule has 8 heteroatoms. The molecule has 0 spiro atoms. The molecule has 0 aliphatic heterocycles. The van der Waals surface area contributed by atoms with Gasteiger partial charge in [-0.3, -0.25) is 14.4 Å². The first-order chi connectivity index (χ1) is 21.7. The maximum atomic E-state index is 14.2. The molecule has 2 N–H and O–H groups in total. The summed E-state index contributed by atoms with van der Waals surface area (Å²) in [5.41, 5.74) is 2.23. The zero-order valence-electron chi connectivity index (χ0n) is 27.7. The maximum Gasteiger partial charge on any atom is 0.303 e. The molecular formula is C38H44O8. The number of carbonyl (C=O) groups is 3. The highest BCUT2D eigenvalue weighted by molar-refractivity contribution is 6.05. The molecule has 5 rings (SSSR count). The average Bonchev–Trinajstić information content (AvgIpc) is 3.00. The van der Waals surface area contributed by atoms with Crippen molar-refractivity contribution in [2.45, 2.75) is 90.8 Å². The van der Waals surface area contributed by atoms with E-state index in [9.17, 15) is 24.6 Å². The first kappa shape index (κ1) is 33.2. The molecule has 8 nitrogen and oxygen atoms in total. The minimum atomic E-state index is -1.67. The van der Waals surface area contributed by atoms with E-state index in [0.29, 0.717) is 23.3 Å². The van der Waals surface area contributed by atoms with Crippen molar-refractivity contribution in [3.63, 3.8) is 0 Å². The molecule has 0 radical (unpaired) electrons. The number of rotatable bonds is 9. The van der Waals surface area contributed by atoms with Gasteiger partial charge < -0.3 is 24.4 Å². The van der Waals surface area contributed by atoms with Gasteiger partial charge in [-0.15, -0.1) is 0 Å². The van der Waals surface area contributed by atoms with E-state index in [0.717, 1.165) is 37.3 Å². The van der Waals surface area contributed by atoms with Crippen molar-refractivity contribution in [3.05, 3.63) is 82.4 Å². The number of benzene rings is 3. The van der Waals surface area contributed by atoms with E-state index in [1.54, 1.807) is 30.3 Å². The molecule has 0 bridgehead atoms. The lowest BCUT2D eigenvalue weighted by molar-refractivity contribution is -0.149. The van der Waals surface area contributed by atoms with Gasteiger partial charge in [-0.1, -0.05) is 71.4 Å². The minimum absolute atomic E-state index is 0.0123. The lowest BCUT2D eigenvalue weighted by Gasteiger charge is -2.54. The highest BCUT2D eigenvalue weighted by Crippen LogP contribution is 2.58. The number of hydrogen-bond acceptors (Lipinski definition) is 8. The van der Waals surface area contributed by atoms with Gasteiger partial charge in [0.2, 0.25) is 5.78 Å². The van der Waals surface area contributed by atoms with E-state index < -0.39 is 29.7 Å². The Morgan fingerprint density at radius 1 is 0.978 bits per heavy atom. The molecule has 4 atom stereocenters. The summed E-state index contributed by atoms with van der Waals surface area (Å²) in [6.07, 6.45) is 0.344. The normalized spacial score (nSPS) is 21.5. The quantitative estimate of drug-likeness (QED) is 0.182. The topological polar surface area (TPSA) is 119 Å². The van der Waals surface area contributed by atoms with Gasteiger partial charge in [-0.25, -0.2) is 0 Å². The monoisotopic (exact) mass is 628 g/mol. The zero-order valence-corrected chi connectivity index (χ0v) is 27.7. The van der Waals surface area contributed by atoms with Crippen LogP contribution in [0, 0.1) is 11.3 Å². The van der Waals surface area contributed by atoms with Gasteiger partial charge in [-0.2, -0.15) is 0 Å². The molecule has 2 aliphatic rings. The molecule has 46 heavy (non-hydrogen) atoms. The molecule has 3 aromatic carbocycles. The average molecular weight is 629 g/mol. The van der Waals surface area contributed by atoms with Crippen LogP contribution in [0.5, 0.6) is 23.0 Å². The maximum absolute atomic E-state index is 14.2. The van der Waals surface area contributed by atoms with Crippen molar-refractivity contribution in [2.75, 3.05) is 7.11 Å². The van der Waals surface area contributed by atoms with Gasteiger partial charge in [0.25, 0.3) is 0 Å². The van der Waals surface area contributed by atoms with Gasteiger partial charge in [0.15, 0.2) is 11.9 Å². The Balaban J connectivity index is 1.66. The zero-order chi connectivity index (χ0) is 33.6. The summed E-state index contributed by atoms with van der Waals surface area (Å²) in [7, 11) is 1.43. The molecule has 2 aliphatic carbocycles. The molecule has 1 fully saturated rings. The van der Waals surface area contributed by atoms with Crippen molar-refractivity contribution in [3.8, 4) is 23.0 Å². The molecule has 0 amide bonds. The minimum Gasteiger partial charge on any atom is -0.507 e. The molecule has 0 unspecified atom stereocenters. The number of aliphatic hydroxyl groups excluding tert-OH is 1. The molecular weight excluding hydrogens is 584 g/mol. The van der Waals surface area contributed by atoms with Crippen molar-refractivity contribution in [2.24, 2.45) is 11.3 Å². The summed E-state index contributed by atoms with van der Waals surface area (Å²) < 4.78 is 17.3. The van der Waals surface area contributed by atoms with E-state index in [4.69, 9.17) is 14.2 Å². The number of Topliss-reactive ketones (excluding diaryl/α,β-unsaturated/α-hetero) is 2. The second kappa shape index (κ2) is 12.6. The van der Waals surface area contributed by atoms with Crippen LogP contribution >= 0.6 is 0 Å². The fraction of sp³-hybridized carbons (Fsp3) is 0.447. The number of phenols is 1. The molecule has 0 saturated heterocycles. The number of carbonyl (C=O) groups excluding carboxylic acids is 3. The summed E-state index contributed by atoms with van der Waals surface area (Å²) in [6, 6.07) is 15.0. The number of methoxy groups -OCH3 is 1. The fourth-order valence-electron chi connectivity index (χ4n) is 7.63. The lowest BCUT2D eigenvalue weighted by Crippen LogP contribution is -2.49. The number of fused-ring (bicyclic) bond motifs is 3. The van der Waals surface area contributed by atoms with Gasteiger partial charge >= 0.3 is 5.97 Å². The first-order valence-corrected chi connectivity index (χ1v) is 15.9. The van der Waals surface area contributed by atoms with Crippen LogP contribution in [0.25, 0.3) is 0 Å². The Hall–Kier alpha value is -4.17. The van der Waals surface area contributed by atoms with Crippen LogP contribution in [-0.2, 0) is 14.9 Å². The van der Waals surface area contributed by atoms with E-state index in [1.165, 1.54) is 19.2 Å². The van der Waals surface area contributed by atoms with Crippen LogP contribution in [0.15, 0.2) is 54.6 Å². The molecule has 0 heterocycles. The van der Waals surface area contributed by atoms with Crippen LogP contribution in [0.4, 0.5) is 0 Å². The number of aromatic hydroxyl groups is 1. The molecule has 3 aromatic rings. The third-order valence-corrected chi connectivity index (χ3v) is 10.0. The Morgan fingerprint density at radius 3 is 2.30 bits per heavy atom. The van der Waals surface area contributed by atoms with E-state index in [-0.39, 0.29) is 45.5 Å².